The molecule has 3 aromatic carbocycles. The van der Waals surface area contributed by atoms with E-state index in [9.17, 15) is 4.79 Å². The summed E-state index contributed by atoms with van der Waals surface area (Å²) < 4.78 is 10.9. The first-order valence-corrected chi connectivity index (χ1v) is 8.89. The second-order valence-electron chi connectivity index (χ2n) is 5.47. The Bertz CT molecular complexity index is 947. The standard InChI is InChI=1S/C21H16N2O3S/c1-25-17-8-10-19(11-9-17)26-18-6-2-15(3-7-18)21(24)23-16-4-12-20(13-5-16)27-14-22/h2-13H,1H3,(H,23,24). The Morgan fingerprint density at radius 1 is 0.889 bits per heavy atom. The number of carbonyl (C=O) groups excluding carboxylic acids is 1. The average Bonchev–Trinajstić information content (AvgIpc) is 2.71. The Hall–Kier alpha value is -3.43. The predicted octanol–water partition coefficient (Wildman–Crippen LogP) is 5.31. The molecular weight excluding hydrogens is 360 g/mol. The van der Waals surface area contributed by atoms with Gasteiger partial charge in [-0.1, -0.05) is 0 Å². The van der Waals surface area contributed by atoms with E-state index < -0.39 is 0 Å². The highest BCUT2D eigenvalue weighted by Gasteiger charge is 2.07. The second-order valence-corrected chi connectivity index (χ2v) is 6.33. The van der Waals surface area contributed by atoms with Crippen LogP contribution in [0.25, 0.3) is 0 Å². The largest absolute Gasteiger partial charge is 0.497 e. The molecule has 0 heterocycles. The van der Waals surface area contributed by atoms with Gasteiger partial charge in [0.2, 0.25) is 0 Å². The summed E-state index contributed by atoms with van der Waals surface area (Å²) in [7, 11) is 1.61. The molecule has 0 aliphatic rings. The molecule has 27 heavy (non-hydrogen) atoms. The summed E-state index contributed by atoms with van der Waals surface area (Å²) >= 11 is 1.08. The number of carbonyl (C=O) groups is 1. The molecule has 3 rings (SSSR count). The Morgan fingerprint density at radius 3 is 2.00 bits per heavy atom. The van der Waals surface area contributed by atoms with Crippen LogP contribution in [0, 0.1) is 10.7 Å². The molecule has 0 aromatic heterocycles. The minimum atomic E-state index is -0.216. The van der Waals surface area contributed by atoms with Crippen molar-refractivity contribution in [3.05, 3.63) is 78.4 Å². The van der Waals surface area contributed by atoms with Crippen LogP contribution in [-0.2, 0) is 0 Å². The molecule has 0 unspecified atom stereocenters. The Kier molecular flexibility index (Phi) is 5.98. The maximum atomic E-state index is 12.3. The van der Waals surface area contributed by atoms with Crippen molar-refractivity contribution >= 4 is 23.4 Å². The van der Waals surface area contributed by atoms with E-state index in [0.717, 1.165) is 22.4 Å². The van der Waals surface area contributed by atoms with Crippen molar-refractivity contribution in [1.29, 1.82) is 5.26 Å². The molecule has 5 nitrogen and oxygen atoms in total. The van der Waals surface area contributed by atoms with Gasteiger partial charge in [0.25, 0.3) is 5.91 Å². The van der Waals surface area contributed by atoms with Crippen LogP contribution in [0.1, 0.15) is 10.4 Å². The summed E-state index contributed by atoms with van der Waals surface area (Å²) in [5.74, 6) is 1.86. The fourth-order valence-electron chi connectivity index (χ4n) is 2.32. The number of hydrogen-bond acceptors (Lipinski definition) is 5. The van der Waals surface area contributed by atoms with Gasteiger partial charge in [0, 0.05) is 16.1 Å². The van der Waals surface area contributed by atoms with E-state index >= 15 is 0 Å². The lowest BCUT2D eigenvalue weighted by Crippen LogP contribution is -2.11. The van der Waals surface area contributed by atoms with Gasteiger partial charge >= 0.3 is 0 Å². The number of thioether (sulfide) groups is 1. The maximum absolute atomic E-state index is 12.3. The van der Waals surface area contributed by atoms with Crippen LogP contribution in [0.4, 0.5) is 5.69 Å². The van der Waals surface area contributed by atoms with Gasteiger partial charge in [-0.3, -0.25) is 4.79 Å². The third kappa shape index (κ3) is 5.03. The van der Waals surface area contributed by atoms with E-state index in [0.29, 0.717) is 22.7 Å². The van der Waals surface area contributed by atoms with Crippen LogP contribution >= 0.6 is 11.8 Å². The van der Waals surface area contributed by atoms with Crippen molar-refractivity contribution < 1.29 is 14.3 Å². The first kappa shape index (κ1) is 18.4. The maximum Gasteiger partial charge on any atom is 0.255 e. The summed E-state index contributed by atoms with van der Waals surface area (Å²) in [6.45, 7) is 0. The molecule has 0 fully saturated rings. The molecule has 6 heteroatoms. The van der Waals surface area contributed by atoms with E-state index in [2.05, 4.69) is 5.32 Å². The first-order valence-electron chi connectivity index (χ1n) is 8.07. The molecule has 0 spiro atoms. The number of nitrogens with one attached hydrogen (secondary N) is 1. The lowest BCUT2D eigenvalue weighted by atomic mass is 10.2. The van der Waals surface area contributed by atoms with E-state index in [4.69, 9.17) is 14.7 Å². The average molecular weight is 376 g/mol. The number of nitrogens with zero attached hydrogens (tertiary/aromatic N) is 1. The predicted molar refractivity (Wildman–Crippen MR) is 105 cm³/mol. The van der Waals surface area contributed by atoms with Gasteiger partial charge in [0.15, 0.2) is 0 Å². The molecular formula is C21H16N2O3S. The number of amides is 1. The van der Waals surface area contributed by atoms with Gasteiger partial charge < -0.3 is 14.8 Å². The number of anilines is 1. The van der Waals surface area contributed by atoms with Gasteiger partial charge in [-0.2, -0.15) is 5.26 Å². The summed E-state index contributed by atoms with van der Waals surface area (Å²) in [5, 5.41) is 13.5. The SMILES string of the molecule is COc1ccc(Oc2ccc(C(=O)Nc3ccc(SC#N)cc3)cc2)cc1. The molecule has 1 N–H and O–H groups in total. The third-order valence-electron chi connectivity index (χ3n) is 3.69. The van der Waals surface area contributed by atoms with E-state index in [1.807, 2.05) is 29.7 Å². The number of thiocyanates is 1. The lowest BCUT2D eigenvalue weighted by molar-refractivity contribution is 0.102. The molecule has 134 valence electrons. The quantitative estimate of drug-likeness (QED) is 0.466. The first-order chi connectivity index (χ1) is 13.2. The second kappa shape index (κ2) is 8.79. The van der Waals surface area contributed by atoms with Gasteiger partial charge in [0.1, 0.15) is 22.6 Å². The van der Waals surface area contributed by atoms with Crippen molar-refractivity contribution in [2.45, 2.75) is 4.90 Å². The minimum Gasteiger partial charge on any atom is -0.497 e. The summed E-state index contributed by atoms with van der Waals surface area (Å²) in [4.78, 5) is 13.2. The zero-order valence-electron chi connectivity index (χ0n) is 14.5. The highest BCUT2D eigenvalue weighted by molar-refractivity contribution is 8.03. The van der Waals surface area contributed by atoms with E-state index in [-0.39, 0.29) is 5.91 Å². The highest BCUT2D eigenvalue weighted by Crippen LogP contribution is 2.24. The summed E-state index contributed by atoms with van der Waals surface area (Å²) in [5.41, 5.74) is 1.19. The van der Waals surface area contributed by atoms with Crippen molar-refractivity contribution in [3.63, 3.8) is 0 Å². The van der Waals surface area contributed by atoms with Crippen molar-refractivity contribution in [2.24, 2.45) is 0 Å². The number of hydrogen-bond donors (Lipinski definition) is 1. The van der Waals surface area contributed by atoms with Crippen LogP contribution in [0.5, 0.6) is 17.2 Å². The minimum absolute atomic E-state index is 0.216. The third-order valence-corrected chi connectivity index (χ3v) is 4.29. The Balaban J connectivity index is 1.61. The fraction of sp³-hybridized carbons (Fsp3) is 0.0476. The normalized spacial score (nSPS) is 9.93. The molecule has 0 radical (unpaired) electrons. The molecule has 0 bridgehead atoms. The Labute approximate surface area is 161 Å². The monoisotopic (exact) mass is 376 g/mol. The summed E-state index contributed by atoms with van der Waals surface area (Å²) in [6.07, 6.45) is 0. The van der Waals surface area contributed by atoms with Gasteiger partial charge in [-0.25, -0.2) is 0 Å². The van der Waals surface area contributed by atoms with Crippen LogP contribution in [0.3, 0.4) is 0 Å². The van der Waals surface area contributed by atoms with Crippen molar-refractivity contribution in [2.75, 3.05) is 12.4 Å². The number of ether oxygens (including phenoxy) is 2. The molecule has 0 saturated carbocycles. The molecule has 0 atom stereocenters. The number of nitriles is 1. The van der Waals surface area contributed by atoms with Crippen LogP contribution in [0.2, 0.25) is 0 Å². The topological polar surface area (TPSA) is 71.3 Å². The highest BCUT2D eigenvalue weighted by atomic mass is 32.2. The van der Waals surface area contributed by atoms with Gasteiger partial charge in [-0.05, 0) is 84.6 Å². The van der Waals surface area contributed by atoms with E-state index in [1.165, 1.54) is 0 Å². The smallest absolute Gasteiger partial charge is 0.255 e. The van der Waals surface area contributed by atoms with Crippen LogP contribution in [0.15, 0.2) is 77.7 Å². The van der Waals surface area contributed by atoms with Crippen molar-refractivity contribution in [3.8, 4) is 22.6 Å². The lowest BCUT2D eigenvalue weighted by Gasteiger charge is -2.08. The van der Waals surface area contributed by atoms with Gasteiger partial charge in [-0.15, -0.1) is 0 Å². The number of methoxy groups -OCH3 is 1. The van der Waals surface area contributed by atoms with E-state index in [1.54, 1.807) is 55.6 Å². The fourth-order valence-corrected chi connectivity index (χ4v) is 2.69. The Morgan fingerprint density at radius 2 is 1.44 bits per heavy atom. The zero-order valence-corrected chi connectivity index (χ0v) is 15.3. The van der Waals surface area contributed by atoms with Crippen LogP contribution < -0.4 is 14.8 Å². The number of benzene rings is 3. The van der Waals surface area contributed by atoms with Gasteiger partial charge in [0.05, 0.1) is 7.11 Å². The molecule has 0 aliphatic carbocycles. The molecule has 1 amide bonds. The summed E-state index contributed by atoms with van der Waals surface area (Å²) in [6, 6.07) is 21.2. The number of rotatable bonds is 6. The molecule has 3 aromatic rings. The molecule has 0 saturated heterocycles. The van der Waals surface area contributed by atoms with Crippen molar-refractivity contribution in [1.82, 2.24) is 0 Å². The molecule has 0 aliphatic heterocycles. The zero-order chi connectivity index (χ0) is 19.1. The van der Waals surface area contributed by atoms with Crippen LogP contribution in [-0.4, -0.2) is 13.0 Å².